The molecule has 0 radical (unpaired) electrons. The van der Waals surface area contributed by atoms with Gasteiger partial charge in [-0.15, -0.1) is 0 Å². The van der Waals surface area contributed by atoms with E-state index in [-0.39, 0.29) is 17.8 Å². The Kier molecular flexibility index (Phi) is 6.89. The first kappa shape index (κ1) is 20.7. The van der Waals surface area contributed by atoms with Gasteiger partial charge in [0.1, 0.15) is 5.82 Å². The molecule has 2 fully saturated rings. The molecule has 2 aliphatic rings. The predicted molar refractivity (Wildman–Crippen MR) is 115 cm³/mol. The SMILES string of the molecule is O=C(CN1CCN(c2ncccn2)CC1)N(Cc1ccc(F)cc1)C1CCCCC1. The van der Waals surface area contributed by atoms with Crippen molar-refractivity contribution >= 4 is 11.9 Å². The lowest BCUT2D eigenvalue weighted by Gasteiger charge is -2.38. The molecular formula is C23H30FN5O. The zero-order valence-electron chi connectivity index (χ0n) is 17.4. The lowest BCUT2D eigenvalue weighted by Crippen LogP contribution is -2.52. The Bertz CT molecular complexity index is 802. The number of nitrogens with zero attached hydrogens (tertiary/aromatic N) is 5. The normalized spacial score (nSPS) is 18.4. The van der Waals surface area contributed by atoms with Crippen LogP contribution in [0, 0.1) is 5.82 Å². The third kappa shape index (κ3) is 5.33. The maximum atomic E-state index is 13.3. The van der Waals surface area contributed by atoms with Crippen LogP contribution in [0.3, 0.4) is 0 Å². The summed E-state index contributed by atoms with van der Waals surface area (Å²) in [6, 6.07) is 8.64. The van der Waals surface area contributed by atoms with Crippen LogP contribution in [0.15, 0.2) is 42.7 Å². The fourth-order valence-corrected chi connectivity index (χ4v) is 4.44. The summed E-state index contributed by atoms with van der Waals surface area (Å²) in [6.07, 6.45) is 9.24. The minimum Gasteiger partial charge on any atom is -0.338 e. The van der Waals surface area contributed by atoms with E-state index in [1.807, 2.05) is 11.0 Å². The second-order valence-electron chi connectivity index (χ2n) is 8.25. The Morgan fingerprint density at radius 3 is 2.33 bits per heavy atom. The molecule has 2 heterocycles. The molecule has 1 saturated heterocycles. The van der Waals surface area contributed by atoms with Gasteiger partial charge in [0, 0.05) is 51.2 Å². The van der Waals surface area contributed by atoms with E-state index in [0.29, 0.717) is 13.1 Å². The summed E-state index contributed by atoms with van der Waals surface area (Å²) in [4.78, 5) is 28.4. The van der Waals surface area contributed by atoms with Crippen molar-refractivity contribution in [2.24, 2.45) is 0 Å². The minimum absolute atomic E-state index is 0.177. The maximum absolute atomic E-state index is 13.3. The molecule has 160 valence electrons. The third-order valence-corrected chi connectivity index (χ3v) is 6.17. The highest BCUT2D eigenvalue weighted by molar-refractivity contribution is 5.78. The second-order valence-corrected chi connectivity index (χ2v) is 8.25. The van der Waals surface area contributed by atoms with Crippen molar-refractivity contribution < 1.29 is 9.18 Å². The smallest absolute Gasteiger partial charge is 0.237 e. The summed E-state index contributed by atoms with van der Waals surface area (Å²) in [6.45, 7) is 4.26. The molecule has 0 spiro atoms. The molecule has 1 aromatic heterocycles. The molecule has 0 atom stereocenters. The number of halogens is 1. The molecular weight excluding hydrogens is 381 g/mol. The zero-order chi connectivity index (χ0) is 20.8. The Hall–Kier alpha value is -2.54. The van der Waals surface area contributed by atoms with Crippen molar-refractivity contribution in [3.8, 4) is 0 Å². The third-order valence-electron chi connectivity index (χ3n) is 6.17. The largest absolute Gasteiger partial charge is 0.338 e. The van der Waals surface area contributed by atoms with Crippen molar-refractivity contribution in [3.63, 3.8) is 0 Å². The minimum atomic E-state index is -0.241. The van der Waals surface area contributed by atoms with Crippen LogP contribution in [0.5, 0.6) is 0 Å². The van der Waals surface area contributed by atoms with Gasteiger partial charge in [0.2, 0.25) is 11.9 Å². The van der Waals surface area contributed by atoms with Crippen LogP contribution < -0.4 is 4.90 Å². The van der Waals surface area contributed by atoms with Gasteiger partial charge in [-0.25, -0.2) is 14.4 Å². The Labute approximate surface area is 177 Å². The van der Waals surface area contributed by atoms with E-state index in [0.717, 1.165) is 50.5 Å². The van der Waals surface area contributed by atoms with Crippen LogP contribution in [0.2, 0.25) is 0 Å². The average molecular weight is 412 g/mol. The number of hydrogen-bond acceptors (Lipinski definition) is 5. The van der Waals surface area contributed by atoms with Gasteiger partial charge in [0.05, 0.1) is 6.54 Å². The molecule has 1 aliphatic carbocycles. The highest BCUT2D eigenvalue weighted by atomic mass is 19.1. The van der Waals surface area contributed by atoms with Gasteiger partial charge in [-0.2, -0.15) is 0 Å². The number of piperazine rings is 1. The van der Waals surface area contributed by atoms with Gasteiger partial charge in [0.25, 0.3) is 0 Å². The summed E-state index contributed by atoms with van der Waals surface area (Å²) in [7, 11) is 0. The lowest BCUT2D eigenvalue weighted by atomic mass is 9.93. The molecule has 1 amide bonds. The van der Waals surface area contributed by atoms with Crippen LogP contribution in [0.1, 0.15) is 37.7 Å². The highest BCUT2D eigenvalue weighted by Crippen LogP contribution is 2.25. The van der Waals surface area contributed by atoms with Gasteiger partial charge in [-0.3, -0.25) is 9.69 Å². The van der Waals surface area contributed by atoms with Crippen LogP contribution in [-0.2, 0) is 11.3 Å². The molecule has 0 unspecified atom stereocenters. The van der Waals surface area contributed by atoms with E-state index in [4.69, 9.17) is 0 Å². The van der Waals surface area contributed by atoms with E-state index < -0.39 is 0 Å². The standard InChI is InChI=1S/C23H30FN5O/c24-20-9-7-19(8-10-20)17-29(21-5-2-1-3-6-21)22(30)18-27-13-15-28(16-14-27)23-25-11-4-12-26-23/h4,7-12,21H,1-3,5-6,13-18H2. The van der Waals surface area contributed by atoms with Crippen LogP contribution >= 0.6 is 0 Å². The first-order valence-corrected chi connectivity index (χ1v) is 11.0. The fraction of sp³-hybridized carbons (Fsp3) is 0.522. The van der Waals surface area contributed by atoms with Gasteiger partial charge in [-0.05, 0) is 36.6 Å². The fourth-order valence-electron chi connectivity index (χ4n) is 4.44. The van der Waals surface area contributed by atoms with E-state index >= 15 is 0 Å². The van der Waals surface area contributed by atoms with E-state index in [9.17, 15) is 9.18 Å². The number of carbonyl (C=O) groups is 1. The van der Waals surface area contributed by atoms with Crippen molar-refractivity contribution in [2.45, 2.75) is 44.7 Å². The number of rotatable bonds is 6. The molecule has 30 heavy (non-hydrogen) atoms. The van der Waals surface area contributed by atoms with Crippen molar-refractivity contribution in [2.75, 3.05) is 37.6 Å². The molecule has 0 bridgehead atoms. The molecule has 6 nitrogen and oxygen atoms in total. The number of benzene rings is 1. The Morgan fingerprint density at radius 2 is 1.67 bits per heavy atom. The molecule has 0 N–H and O–H groups in total. The first-order valence-electron chi connectivity index (χ1n) is 11.0. The van der Waals surface area contributed by atoms with Crippen molar-refractivity contribution in [3.05, 3.63) is 54.1 Å². The molecule has 4 rings (SSSR count). The van der Waals surface area contributed by atoms with Gasteiger partial charge in [0.15, 0.2) is 0 Å². The highest BCUT2D eigenvalue weighted by Gasteiger charge is 2.28. The average Bonchev–Trinajstić information content (AvgIpc) is 2.80. The van der Waals surface area contributed by atoms with E-state index in [1.165, 1.54) is 31.4 Å². The molecule has 7 heteroatoms. The predicted octanol–water partition coefficient (Wildman–Crippen LogP) is 3.10. The summed E-state index contributed by atoms with van der Waals surface area (Å²) in [5, 5.41) is 0. The van der Waals surface area contributed by atoms with Crippen molar-refractivity contribution in [1.29, 1.82) is 0 Å². The quantitative estimate of drug-likeness (QED) is 0.731. The summed E-state index contributed by atoms with van der Waals surface area (Å²) < 4.78 is 13.3. The first-order chi connectivity index (χ1) is 14.7. The molecule has 2 aromatic rings. The molecule has 1 aliphatic heterocycles. The second kappa shape index (κ2) is 9.98. The lowest BCUT2D eigenvalue weighted by molar-refractivity contribution is -0.136. The number of aromatic nitrogens is 2. The van der Waals surface area contributed by atoms with Gasteiger partial charge >= 0.3 is 0 Å². The van der Waals surface area contributed by atoms with Gasteiger partial charge in [-0.1, -0.05) is 31.4 Å². The van der Waals surface area contributed by atoms with E-state index in [2.05, 4.69) is 19.8 Å². The Morgan fingerprint density at radius 1 is 1.00 bits per heavy atom. The van der Waals surface area contributed by atoms with E-state index in [1.54, 1.807) is 24.5 Å². The zero-order valence-corrected chi connectivity index (χ0v) is 17.4. The maximum Gasteiger partial charge on any atom is 0.237 e. The summed E-state index contributed by atoms with van der Waals surface area (Å²) >= 11 is 0. The molecule has 1 saturated carbocycles. The molecule has 1 aromatic carbocycles. The number of carbonyl (C=O) groups excluding carboxylic acids is 1. The number of amides is 1. The summed E-state index contributed by atoms with van der Waals surface area (Å²) in [5.41, 5.74) is 0.987. The van der Waals surface area contributed by atoms with Crippen LogP contribution in [0.4, 0.5) is 10.3 Å². The Balaban J connectivity index is 1.37. The summed E-state index contributed by atoms with van der Waals surface area (Å²) in [5.74, 6) is 0.689. The topological polar surface area (TPSA) is 52.6 Å². The van der Waals surface area contributed by atoms with Crippen molar-refractivity contribution in [1.82, 2.24) is 19.8 Å². The number of hydrogen-bond donors (Lipinski definition) is 0. The van der Waals surface area contributed by atoms with Crippen LogP contribution in [0.25, 0.3) is 0 Å². The van der Waals surface area contributed by atoms with Crippen LogP contribution in [-0.4, -0.2) is 64.4 Å². The number of anilines is 1. The van der Waals surface area contributed by atoms with Gasteiger partial charge < -0.3 is 9.80 Å². The monoisotopic (exact) mass is 411 g/mol.